The summed E-state index contributed by atoms with van der Waals surface area (Å²) in [4.78, 5) is 22.7. The molecule has 86 valence electrons. The fourth-order valence-electron chi connectivity index (χ4n) is 2.05. The van der Waals surface area contributed by atoms with Gasteiger partial charge < -0.3 is 10.2 Å². The van der Waals surface area contributed by atoms with E-state index >= 15 is 0 Å². The Kier molecular flexibility index (Phi) is 3.59. The lowest BCUT2D eigenvalue weighted by Gasteiger charge is -2.37. The number of aliphatic carboxylic acids is 2. The van der Waals surface area contributed by atoms with Gasteiger partial charge in [0.15, 0.2) is 0 Å². The van der Waals surface area contributed by atoms with E-state index in [1.54, 1.807) is 13.8 Å². The molecule has 3 atom stereocenters. The summed E-state index contributed by atoms with van der Waals surface area (Å²) in [5.74, 6) is -1.66. The minimum Gasteiger partial charge on any atom is -0.481 e. The van der Waals surface area contributed by atoms with Crippen molar-refractivity contribution in [2.75, 3.05) is 5.75 Å². The van der Waals surface area contributed by atoms with E-state index in [1.165, 1.54) is 11.8 Å². The molecule has 6 heteroatoms. The van der Waals surface area contributed by atoms with Crippen LogP contribution >= 0.6 is 34.4 Å². The molecule has 3 unspecified atom stereocenters. The van der Waals surface area contributed by atoms with Gasteiger partial charge in [-0.15, -0.1) is 11.8 Å². The molecule has 0 aromatic heterocycles. The summed E-state index contributed by atoms with van der Waals surface area (Å²) in [6, 6.07) is 0. The average molecular weight is 344 g/mol. The van der Waals surface area contributed by atoms with Crippen molar-refractivity contribution < 1.29 is 19.8 Å². The Labute approximate surface area is 106 Å². The van der Waals surface area contributed by atoms with E-state index in [9.17, 15) is 19.8 Å². The van der Waals surface area contributed by atoms with Gasteiger partial charge in [0.1, 0.15) is 5.41 Å². The number of alkyl halides is 1. The lowest BCUT2D eigenvalue weighted by atomic mass is 9.65. The smallest absolute Gasteiger partial charge is 0.312 e. The molecule has 0 bridgehead atoms. The maximum Gasteiger partial charge on any atom is 0.312 e. The highest BCUT2D eigenvalue weighted by molar-refractivity contribution is 14.1. The number of hydrogen-bond acceptors (Lipinski definition) is 3. The van der Waals surface area contributed by atoms with Gasteiger partial charge in [0.2, 0.25) is 0 Å². The van der Waals surface area contributed by atoms with E-state index < -0.39 is 22.8 Å². The van der Waals surface area contributed by atoms with Crippen LogP contribution in [0, 0.1) is 10.8 Å². The molecule has 0 radical (unpaired) electrons. The third kappa shape index (κ3) is 1.56. The van der Waals surface area contributed by atoms with E-state index in [1.807, 2.05) is 22.6 Å². The molecule has 1 rings (SSSR count). The Morgan fingerprint density at radius 2 is 2.00 bits per heavy atom. The normalized spacial score (nSPS) is 40.3. The predicted octanol–water partition coefficient (Wildman–Crippen LogP) is 2.07. The van der Waals surface area contributed by atoms with Gasteiger partial charge in [0.25, 0.3) is 0 Å². The van der Waals surface area contributed by atoms with Crippen LogP contribution < -0.4 is 0 Å². The second-order valence-corrected chi connectivity index (χ2v) is 7.08. The molecule has 1 heterocycles. The zero-order valence-corrected chi connectivity index (χ0v) is 11.5. The number of carbonyl (C=O) groups is 2. The maximum absolute atomic E-state index is 11.4. The lowest BCUT2D eigenvalue weighted by molar-refractivity contribution is -0.168. The second kappa shape index (κ2) is 4.12. The van der Waals surface area contributed by atoms with Crippen LogP contribution in [0.2, 0.25) is 0 Å². The predicted molar refractivity (Wildman–Crippen MR) is 66.4 cm³/mol. The lowest BCUT2D eigenvalue weighted by Crippen LogP contribution is -2.51. The highest BCUT2D eigenvalue weighted by Crippen LogP contribution is 2.59. The van der Waals surface area contributed by atoms with Gasteiger partial charge in [-0.05, 0) is 13.3 Å². The van der Waals surface area contributed by atoms with Crippen LogP contribution in [0.25, 0.3) is 0 Å². The van der Waals surface area contributed by atoms with Crippen LogP contribution in [-0.2, 0) is 9.59 Å². The van der Waals surface area contributed by atoms with Gasteiger partial charge in [-0.2, -0.15) is 0 Å². The first-order valence-corrected chi connectivity index (χ1v) is 6.85. The van der Waals surface area contributed by atoms with E-state index in [4.69, 9.17) is 0 Å². The van der Waals surface area contributed by atoms with Crippen molar-refractivity contribution in [3.63, 3.8) is 0 Å². The summed E-state index contributed by atoms with van der Waals surface area (Å²) in [5.41, 5.74) is -2.34. The summed E-state index contributed by atoms with van der Waals surface area (Å²) >= 11 is 3.46. The molecular formula is C9H13IO4S. The van der Waals surface area contributed by atoms with Crippen LogP contribution in [0.4, 0.5) is 0 Å². The van der Waals surface area contributed by atoms with E-state index in [0.29, 0.717) is 12.2 Å². The van der Waals surface area contributed by atoms with Crippen LogP contribution in [0.1, 0.15) is 20.3 Å². The molecule has 0 amide bonds. The van der Waals surface area contributed by atoms with Gasteiger partial charge in [-0.3, -0.25) is 9.59 Å². The SMILES string of the molecule is CCC1(C(=O)O)C(I)SCC1(C)C(=O)O. The zero-order chi connectivity index (χ0) is 11.9. The van der Waals surface area contributed by atoms with Crippen molar-refractivity contribution in [1.29, 1.82) is 0 Å². The molecule has 2 N–H and O–H groups in total. The summed E-state index contributed by atoms with van der Waals surface area (Å²) in [6.07, 6.45) is 0.339. The summed E-state index contributed by atoms with van der Waals surface area (Å²) in [6.45, 7) is 3.28. The quantitative estimate of drug-likeness (QED) is 0.606. The zero-order valence-electron chi connectivity index (χ0n) is 8.49. The summed E-state index contributed by atoms with van der Waals surface area (Å²) < 4.78 is -0.196. The third-order valence-electron chi connectivity index (χ3n) is 3.30. The Bertz CT molecular complexity index is 308. The molecular weight excluding hydrogens is 331 g/mol. The molecule has 1 saturated heterocycles. The van der Waals surface area contributed by atoms with Crippen molar-refractivity contribution in [3.8, 4) is 0 Å². The summed E-state index contributed by atoms with van der Waals surface area (Å²) in [5, 5.41) is 18.6. The van der Waals surface area contributed by atoms with Gasteiger partial charge >= 0.3 is 11.9 Å². The van der Waals surface area contributed by atoms with Gasteiger partial charge in [0, 0.05) is 5.75 Å². The first-order chi connectivity index (χ1) is 6.83. The minimum absolute atomic E-state index is 0.196. The maximum atomic E-state index is 11.4. The van der Waals surface area contributed by atoms with Crippen LogP contribution in [0.3, 0.4) is 0 Å². The fourth-order valence-corrected chi connectivity index (χ4v) is 5.66. The average Bonchev–Trinajstić information content (AvgIpc) is 2.41. The van der Waals surface area contributed by atoms with Crippen molar-refractivity contribution >= 4 is 46.3 Å². The summed E-state index contributed by atoms with van der Waals surface area (Å²) in [7, 11) is 0. The fraction of sp³-hybridized carbons (Fsp3) is 0.778. The number of hydrogen-bond donors (Lipinski definition) is 2. The topological polar surface area (TPSA) is 74.6 Å². The Morgan fingerprint density at radius 1 is 1.47 bits per heavy atom. The molecule has 15 heavy (non-hydrogen) atoms. The molecule has 1 aliphatic rings. The number of carboxylic acid groups (broad SMARTS) is 2. The van der Waals surface area contributed by atoms with E-state index in [-0.39, 0.29) is 3.26 Å². The van der Waals surface area contributed by atoms with E-state index in [2.05, 4.69) is 0 Å². The molecule has 0 spiro atoms. The van der Waals surface area contributed by atoms with Crippen LogP contribution in [0.5, 0.6) is 0 Å². The van der Waals surface area contributed by atoms with E-state index in [0.717, 1.165) is 0 Å². The largest absolute Gasteiger partial charge is 0.481 e. The number of halogens is 1. The van der Waals surface area contributed by atoms with Crippen LogP contribution in [0.15, 0.2) is 0 Å². The van der Waals surface area contributed by atoms with Gasteiger partial charge in [-0.25, -0.2) is 0 Å². The van der Waals surface area contributed by atoms with Crippen molar-refractivity contribution in [1.82, 2.24) is 0 Å². The standard InChI is InChI=1S/C9H13IO4S/c1-3-9(7(13)14)5(10)15-4-8(9,2)6(11)12/h5H,3-4H2,1-2H3,(H,11,12)(H,13,14). The van der Waals surface area contributed by atoms with Crippen molar-refractivity contribution in [2.24, 2.45) is 10.8 Å². The molecule has 0 aliphatic carbocycles. The Hall–Kier alpha value is 0.0200. The number of carboxylic acids is 2. The highest BCUT2D eigenvalue weighted by Gasteiger charge is 2.65. The Balaban J connectivity index is 3.31. The molecule has 0 aromatic rings. The Morgan fingerprint density at radius 3 is 2.27 bits per heavy atom. The second-order valence-electron chi connectivity index (χ2n) is 3.89. The highest BCUT2D eigenvalue weighted by atomic mass is 127. The first-order valence-electron chi connectivity index (χ1n) is 4.55. The van der Waals surface area contributed by atoms with Crippen LogP contribution in [-0.4, -0.2) is 31.2 Å². The molecule has 1 aliphatic heterocycles. The molecule has 4 nitrogen and oxygen atoms in total. The van der Waals surface area contributed by atoms with Gasteiger partial charge in [0.05, 0.1) is 8.67 Å². The molecule has 0 saturated carbocycles. The number of rotatable bonds is 3. The van der Waals surface area contributed by atoms with Gasteiger partial charge in [-0.1, -0.05) is 29.5 Å². The monoisotopic (exact) mass is 344 g/mol. The molecule has 1 fully saturated rings. The van der Waals surface area contributed by atoms with Crippen molar-refractivity contribution in [3.05, 3.63) is 0 Å². The van der Waals surface area contributed by atoms with Crippen molar-refractivity contribution in [2.45, 2.75) is 23.5 Å². The minimum atomic E-state index is -1.18. The number of thioether (sulfide) groups is 1. The third-order valence-corrected chi connectivity index (χ3v) is 6.88. The molecule has 0 aromatic carbocycles. The first kappa shape index (κ1) is 13.1.